The van der Waals surface area contributed by atoms with E-state index in [0.717, 1.165) is 24.2 Å². The van der Waals surface area contributed by atoms with Crippen molar-refractivity contribution < 1.29 is 14.4 Å². The van der Waals surface area contributed by atoms with Gasteiger partial charge in [-0.05, 0) is 43.5 Å². The maximum absolute atomic E-state index is 11.6. The summed E-state index contributed by atoms with van der Waals surface area (Å²) in [6.07, 6.45) is 12.4. The molecule has 0 aliphatic carbocycles. The number of amidine groups is 1. The molecule has 0 aliphatic rings. The minimum absolute atomic E-state index is 0.0967. The number of carbonyl (C=O) groups excluding carboxylic acids is 1. The number of rotatable bonds is 14. The molecular weight excluding hydrogens is 366 g/mol. The predicted molar refractivity (Wildman–Crippen MR) is 116 cm³/mol. The Morgan fingerprint density at radius 3 is 2.34 bits per heavy atom. The summed E-state index contributed by atoms with van der Waals surface area (Å²) in [6, 6.07) is 7.35. The number of oxime groups is 1. The summed E-state index contributed by atoms with van der Waals surface area (Å²) in [5.74, 6) is -0.695. The van der Waals surface area contributed by atoms with Crippen LogP contribution in [0.25, 0.3) is 0 Å². The van der Waals surface area contributed by atoms with Gasteiger partial charge in [0.2, 0.25) is 0 Å². The van der Waals surface area contributed by atoms with Gasteiger partial charge < -0.3 is 15.3 Å². The molecule has 1 aromatic rings. The second-order valence-corrected chi connectivity index (χ2v) is 7.34. The van der Waals surface area contributed by atoms with E-state index in [9.17, 15) is 4.79 Å². The minimum atomic E-state index is -0.885. The van der Waals surface area contributed by atoms with E-state index in [4.69, 9.17) is 20.6 Å². The van der Waals surface area contributed by atoms with Gasteiger partial charge in [-0.3, -0.25) is 0 Å². The molecule has 0 fully saturated rings. The predicted octanol–water partition coefficient (Wildman–Crippen LogP) is 5.09. The fraction of sp³-hybridized carbons (Fsp3) is 0.609. The van der Waals surface area contributed by atoms with E-state index >= 15 is 0 Å². The first-order valence-electron chi connectivity index (χ1n) is 10.6. The Morgan fingerprint density at radius 1 is 1.14 bits per heavy atom. The molecule has 0 aliphatic heterocycles. The fourth-order valence-electron chi connectivity index (χ4n) is 3.04. The Kier molecular flexibility index (Phi) is 12.2. The van der Waals surface area contributed by atoms with Gasteiger partial charge in [-0.25, -0.2) is 4.79 Å². The number of nitrogens with zero attached hydrogens (tertiary/aromatic N) is 2. The average Bonchev–Trinajstić information content (AvgIpc) is 2.75. The number of hydrogen-bond acceptors (Lipinski definition) is 5. The van der Waals surface area contributed by atoms with Gasteiger partial charge in [-0.15, -0.1) is 0 Å². The second kappa shape index (κ2) is 14.4. The normalized spacial score (nSPS) is 12.3. The van der Waals surface area contributed by atoms with Gasteiger partial charge in [0.15, 0.2) is 5.84 Å². The number of benzene rings is 1. The van der Waals surface area contributed by atoms with Crippen molar-refractivity contribution in [2.24, 2.45) is 16.8 Å². The topological polar surface area (TPSA) is 97.7 Å². The lowest BCUT2D eigenvalue weighted by molar-refractivity contribution is -0.146. The third-order valence-corrected chi connectivity index (χ3v) is 4.91. The highest BCUT2D eigenvalue weighted by Crippen LogP contribution is 2.23. The molecular formula is C23H35N3O3. The van der Waals surface area contributed by atoms with E-state index in [0.29, 0.717) is 5.56 Å². The first-order valence-corrected chi connectivity index (χ1v) is 10.6. The Hall–Kier alpha value is -2.55. The smallest absolute Gasteiger partial charge is 0.351 e. The molecule has 0 aromatic heterocycles. The van der Waals surface area contributed by atoms with Crippen LogP contribution >= 0.6 is 0 Å². The zero-order chi connectivity index (χ0) is 21.5. The summed E-state index contributed by atoms with van der Waals surface area (Å²) in [6.45, 7) is 3.69. The van der Waals surface area contributed by atoms with Crippen molar-refractivity contribution in [3.05, 3.63) is 29.3 Å². The second-order valence-electron chi connectivity index (χ2n) is 7.34. The van der Waals surface area contributed by atoms with Crippen LogP contribution in [0.4, 0.5) is 0 Å². The molecule has 0 saturated carbocycles. The van der Waals surface area contributed by atoms with Gasteiger partial charge >= 0.3 is 5.97 Å². The van der Waals surface area contributed by atoms with E-state index in [-0.39, 0.29) is 5.84 Å². The lowest BCUT2D eigenvalue weighted by Crippen LogP contribution is -2.17. The Balaban J connectivity index is 2.54. The SMILES string of the molecule is CCCCCCCCCCCc1cc(/C(N)=N/OC(=O)C(C)C#N)ccc1OC. The number of nitriles is 1. The largest absolute Gasteiger partial charge is 0.496 e. The molecule has 0 radical (unpaired) electrons. The average molecular weight is 402 g/mol. The lowest BCUT2D eigenvalue weighted by atomic mass is 10.0. The van der Waals surface area contributed by atoms with Crippen LogP contribution in [0, 0.1) is 17.2 Å². The van der Waals surface area contributed by atoms with Crippen LogP contribution in [0.2, 0.25) is 0 Å². The molecule has 0 saturated heterocycles. The van der Waals surface area contributed by atoms with Crippen molar-refractivity contribution in [2.45, 2.75) is 78.1 Å². The monoisotopic (exact) mass is 401 g/mol. The third-order valence-electron chi connectivity index (χ3n) is 4.91. The summed E-state index contributed by atoms with van der Waals surface area (Å²) in [4.78, 5) is 16.3. The van der Waals surface area contributed by atoms with Crippen LogP contribution < -0.4 is 10.5 Å². The number of carbonyl (C=O) groups is 1. The van der Waals surface area contributed by atoms with Crippen LogP contribution in [0.5, 0.6) is 5.75 Å². The number of ether oxygens (including phenoxy) is 1. The Bertz CT molecular complexity index is 695. The summed E-state index contributed by atoms with van der Waals surface area (Å²) >= 11 is 0. The maximum atomic E-state index is 11.6. The van der Waals surface area contributed by atoms with E-state index in [1.807, 2.05) is 12.1 Å². The Labute approximate surface area is 175 Å². The number of nitrogens with two attached hydrogens (primary N) is 1. The molecule has 1 atom stereocenters. The number of aryl methyl sites for hydroxylation is 1. The van der Waals surface area contributed by atoms with Gasteiger partial charge in [0.1, 0.15) is 11.7 Å². The van der Waals surface area contributed by atoms with Gasteiger partial charge in [0.05, 0.1) is 13.2 Å². The van der Waals surface area contributed by atoms with E-state index in [1.54, 1.807) is 19.2 Å². The maximum Gasteiger partial charge on any atom is 0.351 e. The minimum Gasteiger partial charge on any atom is -0.496 e. The van der Waals surface area contributed by atoms with Gasteiger partial charge in [-0.2, -0.15) is 5.26 Å². The van der Waals surface area contributed by atoms with E-state index < -0.39 is 11.9 Å². The molecule has 160 valence electrons. The fourth-order valence-corrected chi connectivity index (χ4v) is 3.04. The van der Waals surface area contributed by atoms with Crippen molar-refractivity contribution in [1.82, 2.24) is 0 Å². The molecule has 1 aromatic carbocycles. The van der Waals surface area contributed by atoms with Crippen LogP contribution in [0.15, 0.2) is 23.4 Å². The zero-order valence-electron chi connectivity index (χ0n) is 18.1. The summed E-state index contributed by atoms with van der Waals surface area (Å²) < 4.78 is 5.46. The van der Waals surface area contributed by atoms with Crippen molar-refractivity contribution in [2.75, 3.05) is 7.11 Å². The number of hydrogen-bond donors (Lipinski definition) is 1. The number of methoxy groups -OCH3 is 1. The molecule has 0 spiro atoms. The summed E-state index contributed by atoms with van der Waals surface area (Å²) in [5, 5.41) is 12.4. The highest BCUT2D eigenvalue weighted by molar-refractivity contribution is 5.97. The molecule has 1 rings (SSSR count). The standard InChI is InChI=1S/C23H35N3O3/c1-4-5-6-7-8-9-10-11-12-13-19-16-20(14-15-21(19)28-3)22(25)26-29-23(27)18(2)17-24/h14-16,18H,4-13H2,1-3H3,(H2,25,26). The summed E-state index contributed by atoms with van der Waals surface area (Å²) in [5.41, 5.74) is 7.66. The molecule has 0 bridgehead atoms. The lowest BCUT2D eigenvalue weighted by Gasteiger charge is -2.11. The highest BCUT2D eigenvalue weighted by Gasteiger charge is 2.14. The molecule has 29 heavy (non-hydrogen) atoms. The molecule has 1 unspecified atom stereocenters. The quantitative estimate of drug-likeness (QED) is 0.154. The zero-order valence-corrected chi connectivity index (χ0v) is 18.1. The van der Waals surface area contributed by atoms with E-state index in [2.05, 4.69) is 12.1 Å². The Morgan fingerprint density at radius 2 is 1.76 bits per heavy atom. The number of unbranched alkanes of at least 4 members (excludes halogenated alkanes) is 8. The molecule has 0 heterocycles. The molecule has 6 nitrogen and oxygen atoms in total. The van der Waals surface area contributed by atoms with Gasteiger partial charge in [-0.1, -0.05) is 63.4 Å². The van der Waals surface area contributed by atoms with E-state index in [1.165, 1.54) is 58.3 Å². The van der Waals surface area contributed by atoms with Crippen molar-refractivity contribution >= 4 is 11.8 Å². The van der Waals surface area contributed by atoms with Crippen molar-refractivity contribution in [3.8, 4) is 11.8 Å². The molecule has 2 N–H and O–H groups in total. The third kappa shape index (κ3) is 9.47. The molecule has 6 heteroatoms. The van der Waals surface area contributed by atoms with Crippen molar-refractivity contribution in [1.29, 1.82) is 5.26 Å². The van der Waals surface area contributed by atoms with Crippen LogP contribution in [0.3, 0.4) is 0 Å². The van der Waals surface area contributed by atoms with Gasteiger partial charge in [0, 0.05) is 5.56 Å². The molecule has 0 amide bonds. The first kappa shape index (κ1) is 24.5. The summed E-state index contributed by atoms with van der Waals surface area (Å²) in [7, 11) is 1.65. The van der Waals surface area contributed by atoms with Gasteiger partial charge in [0.25, 0.3) is 0 Å². The van der Waals surface area contributed by atoms with Crippen LogP contribution in [0.1, 0.15) is 82.8 Å². The van der Waals surface area contributed by atoms with Crippen molar-refractivity contribution in [3.63, 3.8) is 0 Å². The van der Waals surface area contributed by atoms with Crippen LogP contribution in [-0.4, -0.2) is 18.9 Å². The van der Waals surface area contributed by atoms with Crippen LogP contribution in [-0.2, 0) is 16.1 Å². The first-order chi connectivity index (χ1) is 14.0. The highest BCUT2D eigenvalue weighted by atomic mass is 16.7.